The zero-order chi connectivity index (χ0) is 22.4. The standard InChI is InChI=1S/C22H25Cl3N6O/c1-12(16-5-4-13(23)7-17(16)24)28-20-18(25)9-27-22(29-20)31-11-14-8-15(31)10-30(14)21(32)19-3-2-6-26-19/h4-5,7,9,12,14-15,19,26H,2-3,6,8,10-11H2,1H3,(H,27,28,29)/t12-,14?,15?,19-/m1/s1. The van der Waals surface area contributed by atoms with Crippen LogP contribution in [0.25, 0.3) is 0 Å². The highest BCUT2D eigenvalue weighted by Gasteiger charge is 2.47. The number of nitrogens with one attached hydrogen (secondary N) is 2. The van der Waals surface area contributed by atoms with Crippen molar-refractivity contribution in [3.8, 4) is 0 Å². The highest BCUT2D eigenvalue weighted by atomic mass is 35.5. The molecule has 7 nitrogen and oxygen atoms in total. The Labute approximate surface area is 202 Å². The van der Waals surface area contributed by atoms with Crippen molar-refractivity contribution in [1.29, 1.82) is 0 Å². The monoisotopic (exact) mass is 494 g/mol. The number of halogens is 3. The number of fused-ring (bicyclic) bond motifs is 2. The van der Waals surface area contributed by atoms with Crippen LogP contribution in [-0.4, -0.2) is 58.5 Å². The topological polar surface area (TPSA) is 73.4 Å². The summed E-state index contributed by atoms with van der Waals surface area (Å²) in [5.74, 6) is 1.42. The average Bonchev–Trinajstić information content (AvgIpc) is 3.52. The second-order valence-corrected chi connectivity index (χ2v) is 9.98. The molecule has 2 bridgehead atoms. The van der Waals surface area contributed by atoms with Gasteiger partial charge < -0.3 is 20.4 Å². The number of rotatable bonds is 5. The van der Waals surface area contributed by atoms with E-state index in [1.807, 2.05) is 24.0 Å². The molecule has 0 spiro atoms. The van der Waals surface area contributed by atoms with Gasteiger partial charge in [-0.15, -0.1) is 0 Å². The lowest BCUT2D eigenvalue weighted by Gasteiger charge is -2.35. The van der Waals surface area contributed by atoms with Crippen LogP contribution in [0.3, 0.4) is 0 Å². The Balaban J connectivity index is 1.29. The van der Waals surface area contributed by atoms with Crippen LogP contribution >= 0.6 is 34.8 Å². The van der Waals surface area contributed by atoms with Gasteiger partial charge in [0.1, 0.15) is 5.02 Å². The largest absolute Gasteiger partial charge is 0.362 e. The van der Waals surface area contributed by atoms with Gasteiger partial charge in [0.15, 0.2) is 5.82 Å². The van der Waals surface area contributed by atoms with Crippen LogP contribution in [0.2, 0.25) is 15.1 Å². The number of carbonyl (C=O) groups excluding carboxylic acids is 1. The zero-order valence-electron chi connectivity index (χ0n) is 17.7. The summed E-state index contributed by atoms with van der Waals surface area (Å²) in [6, 6.07) is 5.71. The van der Waals surface area contributed by atoms with Gasteiger partial charge in [0.2, 0.25) is 11.9 Å². The number of likely N-dealkylation sites (tertiary alicyclic amines) is 1. The molecule has 2 N–H and O–H groups in total. The summed E-state index contributed by atoms with van der Waals surface area (Å²) in [4.78, 5) is 26.3. The van der Waals surface area contributed by atoms with E-state index in [1.165, 1.54) is 0 Å². The Morgan fingerprint density at radius 1 is 1.22 bits per heavy atom. The molecule has 170 valence electrons. The highest BCUT2D eigenvalue weighted by molar-refractivity contribution is 6.35. The van der Waals surface area contributed by atoms with Crippen LogP contribution in [0.4, 0.5) is 11.8 Å². The fourth-order valence-corrected chi connectivity index (χ4v) is 5.73. The SMILES string of the molecule is C[C@@H](Nc1nc(N2CC3CC2CN3C(=O)[C@H]2CCCN2)ncc1Cl)c1ccc(Cl)cc1Cl. The minimum atomic E-state index is -0.123. The first kappa shape index (κ1) is 22.0. The minimum Gasteiger partial charge on any atom is -0.362 e. The van der Waals surface area contributed by atoms with Crippen LogP contribution in [0.1, 0.15) is 37.8 Å². The first-order valence-corrected chi connectivity index (χ1v) is 12.1. The third-order valence-corrected chi connectivity index (χ3v) is 7.49. The number of amides is 1. The van der Waals surface area contributed by atoms with E-state index in [9.17, 15) is 4.79 Å². The Hall–Kier alpha value is -1.80. The third-order valence-electron chi connectivity index (χ3n) is 6.65. The quantitative estimate of drug-likeness (QED) is 0.649. The number of hydrogen-bond acceptors (Lipinski definition) is 6. The zero-order valence-corrected chi connectivity index (χ0v) is 20.0. The maximum atomic E-state index is 12.9. The molecule has 3 fully saturated rings. The van der Waals surface area contributed by atoms with E-state index in [1.54, 1.807) is 12.3 Å². The summed E-state index contributed by atoms with van der Waals surface area (Å²) in [7, 11) is 0. The number of aromatic nitrogens is 2. The molecule has 10 heteroatoms. The molecule has 4 atom stereocenters. The molecule has 0 aliphatic carbocycles. The second-order valence-electron chi connectivity index (χ2n) is 8.73. The molecule has 1 amide bonds. The Morgan fingerprint density at radius 2 is 2.06 bits per heavy atom. The molecule has 3 saturated heterocycles. The molecule has 32 heavy (non-hydrogen) atoms. The predicted octanol–water partition coefficient (Wildman–Crippen LogP) is 4.15. The summed E-state index contributed by atoms with van der Waals surface area (Å²) in [5.41, 5.74) is 0.905. The number of piperazine rings is 1. The van der Waals surface area contributed by atoms with Crippen molar-refractivity contribution < 1.29 is 4.79 Å². The molecule has 3 aliphatic rings. The van der Waals surface area contributed by atoms with Crippen LogP contribution in [-0.2, 0) is 4.79 Å². The molecule has 1 aromatic heterocycles. The number of carbonyl (C=O) groups is 1. The van der Waals surface area contributed by atoms with Crippen LogP contribution in [0.5, 0.6) is 0 Å². The summed E-state index contributed by atoms with van der Waals surface area (Å²) < 4.78 is 0. The van der Waals surface area contributed by atoms with Gasteiger partial charge >= 0.3 is 0 Å². The van der Waals surface area contributed by atoms with Crippen molar-refractivity contribution in [2.24, 2.45) is 0 Å². The summed E-state index contributed by atoms with van der Waals surface area (Å²) >= 11 is 18.8. The first-order chi connectivity index (χ1) is 15.4. The van der Waals surface area contributed by atoms with E-state index < -0.39 is 0 Å². The van der Waals surface area contributed by atoms with Gasteiger partial charge in [-0.05, 0) is 50.4 Å². The summed E-state index contributed by atoms with van der Waals surface area (Å²) in [6.07, 6.45) is 4.57. The lowest BCUT2D eigenvalue weighted by molar-refractivity contribution is -0.134. The smallest absolute Gasteiger partial charge is 0.240 e. The molecule has 2 aromatic rings. The van der Waals surface area contributed by atoms with Crippen molar-refractivity contribution >= 4 is 52.5 Å². The van der Waals surface area contributed by atoms with Gasteiger partial charge in [0, 0.05) is 23.1 Å². The van der Waals surface area contributed by atoms with Crippen LogP contribution < -0.4 is 15.5 Å². The van der Waals surface area contributed by atoms with E-state index >= 15 is 0 Å². The van der Waals surface area contributed by atoms with E-state index in [0.717, 1.165) is 37.9 Å². The van der Waals surface area contributed by atoms with Gasteiger partial charge in [0.05, 0.1) is 30.4 Å². The van der Waals surface area contributed by atoms with E-state index in [4.69, 9.17) is 39.8 Å². The Bertz CT molecular complexity index is 1030. The molecule has 3 aliphatic heterocycles. The van der Waals surface area contributed by atoms with Crippen molar-refractivity contribution in [2.45, 2.75) is 50.4 Å². The maximum absolute atomic E-state index is 12.9. The molecule has 1 aromatic carbocycles. The van der Waals surface area contributed by atoms with Gasteiger partial charge in [0.25, 0.3) is 0 Å². The Kier molecular flexibility index (Phi) is 6.09. The van der Waals surface area contributed by atoms with Crippen molar-refractivity contribution in [1.82, 2.24) is 20.2 Å². The maximum Gasteiger partial charge on any atom is 0.240 e. The van der Waals surface area contributed by atoms with Crippen molar-refractivity contribution in [3.63, 3.8) is 0 Å². The average molecular weight is 496 g/mol. The number of anilines is 2. The molecule has 5 rings (SSSR count). The van der Waals surface area contributed by atoms with Crippen LogP contribution in [0.15, 0.2) is 24.4 Å². The first-order valence-electron chi connectivity index (χ1n) is 10.9. The van der Waals surface area contributed by atoms with E-state index in [-0.39, 0.29) is 30.1 Å². The van der Waals surface area contributed by atoms with E-state index in [0.29, 0.717) is 33.4 Å². The number of nitrogens with zero attached hydrogens (tertiary/aromatic N) is 4. The molecule has 0 radical (unpaired) electrons. The molecular formula is C22H25Cl3N6O. The van der Waals surface area contributed by atoms with E-state index in [2.05, 4.69) is 20.5 Å². The van der Waals surface area contributed by atoms with Gasteiger partial charge in [-0.25, -0.2) is 4.98 Å². The third kappa shape index (κ3) is 4.12. The predicted molar refractivity (Wildman–Crippen MR) is 128 cm³/mol. The lowest BCUT2D eigenvalue weighted by Crippen LogP contribution is -2.53. The van der Waals surface area contributed by atoms with Crippen molar-refractivity contribution in [2.75, 3.05) is 29.9 Å². The second kappa shape index (κ2) is 8.86. The van der Waals surface area contributed by atoms with Gasteiger partial charge in [-0.3, -0.25) is 4.79 Å². The van der Waals surface area contributed by atoms with Gasteiger partial charge in [-0.1, -0.05) is 40.9 Å². The normalized spacial score (nSPS) is 25.4. The Morgan fingerprint density at radius 3 is 2.75 bits per heavy atom. The van der Waals surface area contributed by atoms with Crippen molar-refractivity contribution in [3.05, 3.63) is 45.0 Å². The minimum absolute atomic E-state index is 0.0217. The lowest BCUT2D eigenvalue weighted by atomic mass is 10.1. The van der Waals surface area contributed by atoms with Gasteiger partial charge in [-0.2, -0.15) is 4.98 Å². The highest BCUT2D eigenvalue weighted by Crippen LogP contribution is 2.36. The number of hydrogen-bond donors (Lipinski definition) is 2. The fraction of sp³-hybridized carbons (Fsp3) is 0.500. The summed E-state index contributed by atoms with van der Waals surface area (Å²) in [5, 5.41) is 8.29. The fourth-order valence-electron chi connectivity index (χ4n) is 5.01. The summed E-state index contributed by atoms with van der Waals surface area (Å²) in [6.45, 7) is 4.38. The molecular weight excluding hydrogens is 471 g/mol. The van der Waals surface area contributed by atoms with Crippen LogP contribution in [0, 0.1) is 0 Å². The number of benzene rings is 1. The molecule has 2 unspecified atom stereocenters. The molecule has 4 heterocycles. The molecule has 0 saturated carbocycles.